The number of carboxylic acid groups (broad SMARTS) is 1. The average molecular weight is 285 g/mol. The molecule has 0 atom stereocenters. The Balaban J connectivity index is 3.52. The van der Waals surface area contributed by atoms with Crippen LogP contribution in [0.5, 0.6) is 5.75 Å². The second-order valence-corrected chi connectivity index (χ2v) is 3.45. The molecule has 0 radical (unpaired) electrons. The van der Waals surface area contributed by atoms with Gasteiger partial charge in [-0.15, -0.1) is 0 Å². The first kappa shape index (κ1) is 15.1. The summed E-state index contributed by atoms with van der Waals surface area (Å²) in [7, 11) is 0.780. The molecule has 1 N–H and O–H groups in total. The van der Waals surface area contributed by atoms with Crippen LogP contribution in [-0.2, 0) is 17.4 Å². The fourth-order valence-corrected chi connectivity index (χ4v) is 1.50. The van der Waals surface area contributed by atoms with Crippen LogP contribution in [0.1, 0.15) is 23.2 Å². The van der Waals surface area contributed by atoms with Crippen molar-refractivity contribution >= 4 is 5.97 Å². The first-order valence-electron chi connectivity index (χ1n) is 4.81. The van der Waals surface area contributed by atoms with E-state index < -0.39 is 47.6 Å². The fraction of sp³-hybridized carbons (Fsp3) is 0.400. The lowest BCUT2D eigenvalue weighted by molar-refractivity contribution is -0.142. The Morgan fingerprint density at radius 2 is 2.05 bits per heavy atom. The van der Waals surface area contributed by atoms with Gasteiger partial charge in [-0.05, 0) is 5.56 Å². The molecule has 0 aliphatic carbocycles. The number of aromatic nitrogens is 1. The predicted molar refractivity (Wildman–Crippen MR) is 52.1 cm³/mol. The number of carboxylic acids is 1. The maximum absolute atomic E-state index is 12.8. The molecule has 0 spiro atoms. The summed E-state index contributed by atoms with van der Waals surface area (Å²) in [5.74, 6) is -2.62. The van der Waals surface area contributed by atoms with E-state index in [1.165, 1.54) is 0 Å². The van der Waals surface area contributed by atoms with Crippen LogP contribution in [0.3, 0.4) is 0 Å². The second-order valence-electron chi connectivity index (χ2n) is 3.45. The molecule has 4 nitrogen and oxygen atoms in total. The van der Waals surface area contributed by atoms with Crippen molar-refractivity contribution in [2.24, 2.45) is 0 Å². The van der Waals surface area contributed by atoms with E-state index in [1.54, 1.807) is 0 Å². The molecule has 0 aliphatic rings. The predicted octanol–water partition coefficient (Wildman–Crippen LogP) is 2.67. The topological polar surface area (TPSA) is 59.4 Å². The number of aliphatic carboxylic acids is 1. The number of methoxy groups -OCH3 is 1. The van der Waals surface area contributed by atoms with Crippen molar-refractivity contribution in [3.63, 3.8) is 0 Å². The summed E-state index contributed by atoms with van der Waals surface area (Å²) in [5, 5.41) is 8.53. The maximum Gasteiger partial charge on any atom is 0.437 e. The molecule has 0 saturated carbocycles. The van der Waals surface area contributed by atoms with Gasteiger partial charge in [-0.1, -0.05) is 0 Å². The van der Waals surface area contributed by atoms with Crippen LogP contribution < -0.4 is 4.74 Å². The van der Waals surface area contributed by atoms with Crippen LogP contribution in [-0.4, -0.2) is 23.2 Å². The Labute approximate surface area is 103 Å². The lowest BCUT2D eigenvalue weighted by Gasteiger charge is -2.16. The summed E-state index contributed by atoms with van der Waals surface area (Å²) >= 11 is 0. The van der Waals surface area contributed by atoms with Crippen LogP contribution in [0.15, 0.2) is 6.20 Å². The van der Waals surface area contributed by atoms with E-state index >= 15 is 0 Å². The maximum atomic E-state index is 12.8. The zero-order valence-corrected chi connectivity index (χ0v) is 9.46. The molecular weight excluding hydrogens is 277 g/mol. The van der Waals surface area contributed by atoms with E-state index in [4.69, 9.17) is 5.11 Å². The van der Waals surface area contributed by atoms with Crippen molar-refractivity contribution in [1.29, 1.82) is 0 Å². The minimum absolute atomic E-state index is 0.473. The Bertz CT molecular complexity index is 487. The third kappa shape index (κ3) is 3.30. The smallest absolute Gasteiger partial charge is 0.437 e. The lowest BCUT2D eigenvalue weighted by atomic mass is 10.0. The SMILES string of the molecule is COc1c(C(F)(F)F)ncc(CC(=O)O)c1C(F)F. The summed E-state index contributed by atoms with van der Waals surface area (Å²) in [4.78, 5) is 13.5. The molecule has 1 rings (SSSR count). The zero-order chi connectivity index (χ0) is 14.8. The lowest BCUT2D eigenvalue weighted by Crippen LogP contribution is -2.15. The molecule has 0 bridgehead atoms. The van der Waals surface area contributed by atoms with Crippen LogP contribution in [0, 0.1) is 0 Å². The minimum atomic E-state index is -4.98. The normalized spacial score (nSPS) is 11.7. The number of rotatable bonds is 4. The number of nitrogens with zero attached hydrogens (tertiary/aromatic N) is 1. The molecule has 0 aromatic carbocycles. The molecule has 0 amide bonds. The van der Waals surface area contributed by atoms with E-state index in [1.807, 2.05) is 0 Å². The minimum Gasteiger partial charge on any atom is -0.494 e. The standard InChI is InChI=1S/C10H8F5NO3/c1-19-7-6(9(11)12)4(2-5(17)18)3-16-8(7)10(13,14)15/h3,9H,2H2,1H3,(H,17,18). The van der Waals surface area contributed by atoms with E-state index in [9.17, 15) is 26.7 Å². The Morgan fingerprint density at radius 3 is 2.42 bits per heavy atom. The first-order valence-corrected chi connectivity index (χ1v) is 4.81. The van der Waals surface area contributed by atoms with Gasteiger partial charge in [0.2, 0.25) is 0 Å². The monoisotopic (exact) mass is 285 g/mol. The summed E-state index contributed by atoms with van der Waals surface area (Å²) in [6, 6.07) is 0. The van der Waals surface area contributed by atoms with Gasteiger partial charge in [-0.3, -0.25) is 4.79 Å². The highest BCUT2D eigenvalue weighted by molar-refractivity contribution is 5.71. The fourth-order valence-electron chi connectivity index (χ4n) is 1.50. The number of carbonyl (C=O) groups is 1. The van der Waals surface area contributed by atoms with Gasteiger partial charge >= 0.3 is 12.1 Å². The van der Waals surface area contributed by atoms with E-state index in [0.29, 0.717) is 6.20 Å². The van der Waals surface area contributed by atoms with Gasteiger partial charge in [0.15, 0.2) is 11.4 Å². The molecule has 106 valence electrons. The molecule has 1 aromatic rings. The van der Waals surface area contributed by atoms with Crippen molar-refractivity contribution < 1.29 is 36.6 Å². The number of ether oxygens (including phenoxy) is 1. The highest BCUT2D eigenvalue weighted by Crippen LogP contribution is 2.41. The van der Waals surface area contributed by atoms with Crippen molar-refractivity contribution in [2.45, 2.75) is 19.0 Å². The third-order valence-electron chi connectivity index (χ3n) is 2.19. The molecule has 0 aliphatic heterocycles. The van der Waals surface area contributed by atoms with Crippen molar-refractivity contribution in [2.75, 3.05) is 7.11 Å². The third-order valence-corrected chi connectivity index (χ3v) is 2.19. The van der Waals surface area contributed by atoms with Crippen LogP contribution in [0.25, 0.3) is 0 Å². The van der Waals surface area contributed by atoms with Gasteiger partial charge in [0.1, 0.15) is 0 Å². The molecule has 1 heterocycles. The number of halogens is 5. The Kier molecular flexibility index (Phi) is 4.28. The second kappa shape index (κ2) is 5.37. The van der Waals surface area contributed by atoms with Crippen molar-refractivity contribution in [3.8, 4) is 5.75 Å². The number of pyridine rings is 1. The number of hydrogen-bond donors (Lipinski definition) is 1. The van der Waals surface area contributed by atoms with Gasteiger partial charge in [0.05, 0.1) is 19.1 Å². The van der Waals surface area contributed by atoms with E-state index in [2.05, 4.69) is 9.72 Å². The summed E-state index contributed by atoms with van der Waals surface area (Å²) in [6.07, 6.45) is -8.69. The van der Waals surface area contributed by atoms with Gasteiger partial charge in [-0.25, -0.2) is 13.8 Å². The van der Waals surface area contributed by atoms with Gasteiger partial charge in [-0.2, -0.15) is 13.2 Å². The quantitative estimate of drug-likeness (QED) is 0.864. The van der Waals surface area contributed by atoms with Gasteiger partial charge < -0.3 is 9.84 Å². The summed E-state index contributed by atoms with van der Waals surface area (Å²) in [6.45, 7) is 0. The van der Waals surface area contributed by atoms with Crippen molar-refractivity contribution in [1.82, 2.24) is 4.98 Å². The van der Waals surface area contributed by atoms with Crippen LogP contribution >= 0.6 is 0 Å². The molecule has 19 heavy (non-hydrogen) atoms. The molecule has 1 aromatic heterocycles. The van der Waals surface area contributed by atoms with Gasteiger partial charge in [0.25, 0.3) is 6.43 Å². The zero-order valence-electron chi connectivity index (χ0n) is 9.46. The molecule has 0 fully saturated rings. The Morgan fingerprint density at radius 1 is 1.47 bits per heavy atom. The first-order chi connectivity index (χ1) is 8.68. The van der Waals surface area contributed by atoms with Crippen molar-refractivity contribution in [3.05, 3.63) is 23.0 Å². The Hall–Kier alpha value is -1.93. The summed E-state index contributed by atoms with van der Waals surface area (Å²) in [5.41, 5.74) is -3.24. The highest BCUT2D eigenvalue weighted by Gasteiger charge is 2.39. The molecular formula is C10H8F5NO3. The number of alkyl halides is 5. The van der Waals surface area contributed by atoms with Crippen LogP contribution in [0.2, 0.25) is 0 Å². The molecule has 0 unspecified atom stereocenters. The van der Waals surface area contributed by atoms with E-state index in [-0.39, 0.29) is 0 Å². The highest BCUT2D eigenvalue weighted by atomic mass is 19.4. The largest absolute Gasteiger partial charge is 0.494 e. The molecule has 0 saturated heterocycles. The number of hydrogen-bond acceptors (Lipinski definition) is 3. The summed E-state index contributed by atoms with van der Waals surface area (Å²) < 4.78 is 67.7. The average Bonchev–Trinajstić information content (AvgIpc) is 2.25. The molecule has 9 heteroatoms. The van der Waals surface area contributed by atoms with Gasteiger partial charge in [0, 0.05) is 6.20 Å². The van der Waals surface area contributed by atoms with E-state index in [0.717, 1.165) is 7.11 Å². The van der Waals surface area contributed by atoms with Crippen LogP contribution in [0.4, 0.5) is 22.0 Å².